The molecule has 1 aromatic carbocycles. The van der Waals surface area contributed by atoms with Crippen molar-refractivity contribution in [3.8, 4) is 11.8 Å². The van der Waals surface area contributed by atoms with Crippen molar-refractivity contribution in [1.82, 2.24) is 19.5 Å². The third-order valence-corrected chi connectivity index (χ3v) is 5.32. The molecule has 0 N–H and O–H groups in total. The predicted molar refractivity (Wildman–Crippen MR) is 104 cm³/mol. The average Bonchev–Trinajstić information content (AvgIpc) is 3.11. The van der Waals surface area contributed by atoms with Gasteiger partial charge in [0, 0.05) is 7.05 Å². The number of thioether (sulfide) groups is 1. The van der Waals surface area contributed by atoms with Crippen LogP contribution in [0.4, 0.5) is 0 Å². The maximum atomic E-state index is 11.9. The van der Waals surface area contributed by atoms with Gasteiger partial charge in [-0.15, -0.1) is 0 Å². The van der Waals surface area contributed by atoms with Gasteiger partial charge in [0.2, 0.25) is 11.8 Å². The molecule has 1 atom stereocenters. The van der Waals surface area contributed by atoms with E-state index in [9.17, 15) is 4.79 Å². The van der Waals surface area contributed by atoms with E-state index in [4.69, 9.17) is 14.2 Å². The third kappa shape index (κ3) is 4.09. The quantitative estimate of drug-likeness (QED) is 0.442. The van der Waals surface area contributed by atoms with Crippen LogP contribution in [-0.4, -0.2) is 46.8 Å². The fourth-order valence-electron chi connectivity index (χ4n) is 2.55. The molecule has 2 aromatic heterocycles. The van der Waals surface area contributed by atoms with Crippen molar-refractivity contribution in [3.63, 3.8) is 0 Å². The lowest BCUT2D eigenvalue weighted by Gasteiger charge is -2.17. The summed E-state index contributed by atoms with van der Waals surface area (Å²) in [6.45, 7) is 0. The maximum absolute atomic E-state index is 11.9. The van der Waals surface area contributed by atoms with Gasteiger partial charge < -0.3 is 18.8 Å². The molecule has 0 aliphatic rings. The summed E-state index contributed by atoms with van der Waals surface area (Å²) < 4.78 is 17.1. The number of carbonyl (C=O) groups excluding carboxylic acids is 1. The normalized spacial score (nSPS) is 11.7. The Labute approximate surface area is 166 Å². The molecule has 2 heterocycles. The van der Waals surface area contributed by atoms with Crippen molar-refractivity contribution >= 4 is 17.7 Å². The van der Waals surface area contributed by atoms with Gasteiger partial charge >= 0.3 is 5.97 Å². The second-order valence-corrected chi connectivity index (χ2v) is 6.77. The molecule has 0 saturated heterocycles. The number of imidazole rings is 1. The van der Waals surface area contributed by atoms with E-state index in [-0.39, 0.29) is 5.25 Å². The zero-order valence-corrected chi connectivity index (χ0v) is 16.8. The first kappa shape index (κ1) is 19.7. The molecule has 0 aliphatic carbocycles. The Balaban J connectivity index is 2.05. The van der Waals surface area contributed by atoms with Crippen LogP contribution in [0.15, 0.2) is 47.8 Å². The molecule has 9 heteroatoms. The number of ether oxygens (including phenoxy) is 3. The van der Waals surface area contributed by atoms with E-state index in [0.717, 1.165) is 5.56 Å². The van der Waals surface area contributed by atoms with Crippen molar-refractivity contribution in [1.29, 1.82) is 0 Å². The Morgan fingerprint density at radius 3 is 2.29 bits per heavy atom. The van der Waals surface area contributed by atoms with Gasteiger partial charge in [0.1, 0.15) is 5.69 Å². The topological polar surface area (TPSA) is 88.4 Å². The van der Waals surface area contributed by atoms with Gasteiger partial charge in [-0.3, -0.25) is 0 Å². The summed E-state index contributed by atoms with van der Waals surface area (Å²) in [5.74, 6) is 0.865. The highest BCUT2D eigenvalue weighted by molar-refractivity contribution is 7.99. The summed E-state index contributed by atoms with van der Waals surface area (Å²) in [6, 6.07) is 11.4. The van der Waals surface area contributed by atoms with Crippen LogP contribution in [0.1, 0.15) is 27.1 Å². The lowest BCUT2D eigenvalue weighted by molar-refractivity contribution is 0.0589. The molecule has 0 saturated carbocycles. The molecule has 0 amide bonds. The van der Waals surface area contributed by atoms with Crippen LogP contribution in [0.25, 0.3) is 0 Å². The molecule has 3 aromatic rings. The number of benzene rings is 1. The number of hydrogen-bond acceptors (Lipinski definition) is 8. The molecule has 0 radical (unpaired) electrons. The Morgan fingerprint density at radius 1 is 1.07 bits per heavy atom. The second kappa shape index (κ2) is 8.75. The predicted octanol–water partition coefficient (Wildman–Crippen LogP) is 2.90. The largest absolute Gasteiger partial charge is 0.481 e. The molecule has 28 heavy (non-hydrogen) atoms. The van der Waals surface area contributed by atoms with Crippen LogP contribution in [0.2, 0.25) is 0 Å². The number of aromatic nitrogens is 4. The Hall–Kier alpha value is -3.07. The van der Waals surface area contributed by atoms with Gasteiger partial charge in [-0.1, -0.05) is 42.1 Å². The fourth-order valence-corrected chi connectivity index (χ4v) is 3.63. The van der Waals surface area contributed by atoms with Crippen molar-refractivity contribution < 1.29 is 19.0 Å². The van der Waals surface area contributed by atoms with Gasteiger partial charge in [-0.2, -0.15) is 9.97 Å². The third-order valence-electron chi connectivity index (χ3n) is 4.01. The number of nitrogens with zero attached hydrogens (tertiary/aromatic N) is 4. The first-order valence-electron chi connectivity index (χ1n) is 8.36. The van der Waals surface area contributed by atoms with Crippen LogP contribution in [0.5, 0.6) is 11.8 Å². The summed E-state index contributed by atoms with van der Waals surface area (Å²) in [5.41, 5.74) is 1.34. The lowest BCUT2D eigenvalue weighted by Crippen LogP contribution is -2.09. The van der Waals surface area contributed by atoms with E-state index >= 15 is 0 Å². The first-order chi connectivity index (χ1) is 13.6. The van der Waals surface area contributed by atoms with Crippen molar-refractivity contribution in [2.75, 3.05) is 21.3 Å². The number of methoxy groups -OCH3 is 3. The van der Waals surface area contributed by atoms with Crippen molar-refractivity contribution in [3.05, 3.63) is 59.7 Å². The van der Waals surface area contributed by atoms with Crippen LogP contribution >= 0.6 is 11.8 Å². The summed E-state index contributed by atoms with van der Waals surface area (Å²) in [6.07, 6.45) is 1.49. The summed E-state index contributed by atoms with van der Waals surface area (Å²) >= 11 is 1.42. The first-order valence-corrected chi connectivity index (χ1v) is 9.24. The molecule has 0 aliphatic heterocycles. The average molecular weight is 400 g/mol. The standard InChI is InChI=1S/C19H20N4O4S/c1-23-13(18(24)27-4)11-20-19(23)28-16(12-8-6-5-7-9-12)17-21-14(25-2)10-15(22-17)26-3/h5-11,16H,1-4H3/t16-/m1/s1. The number of carbonyl (C=O) groups is 1. The van der Waals surface area contributed by atoms with Crippen molar-refractivity contribution in [2.45, 2.75) is 10.4 Å². The van der Waals surface area contributed by atoms with Crippen LogP contribution in [-0.2, 0) is 11.8 Å². The Morgan fingerprint density at radius 2 is 1.71 bits per heavy atom. The van der Waals surface area contributed by atoms with Crippen LogP contribution < -0.4 is 9.47 Å². The highest BCUT2D eigenvalue weighted by Gasteiger charge is 2.24. The second-order valence-electron chi connectivity index (χ2n) is 5.70. The minimum Gasteiger partial charge on any atom is -0.481 e. The number of hydrogen-bond donors (Lipinski definition) is 0. The highest BCUT2D eigenvalue weighted by atomic mass is 32.2. The zero-order chi connectivity index (χ0) is 20.1. The van der Waals surface area contributed by atoms with Crippen LogP contribution in [0.3, 0.4) is 0 Å². The summed E-state index contributed by atoms with van der Waals surface area (Å²) in [4.78, 5) is 25.3. The molecule has 0 unspecified atom stereocenters. The van der Waals surface area contributed by atoms with E-state index in [1.165, 1.54) is 39.3 Å². The molecular formula is C19H20N4O4S. The summed E-state index contributed by atoms with van der Waals surface area (Å²) in [5, 5.41) is 0.330. The monoisotopic (exact) mass is 400 g/mol. The molecule has 8 nitrogen and oxygen atoms in total. The smallest absolute Gasteiger partial charge is 0.356 e. The van der Waals surface area contributed by atoms with Crippen LogP contribution in [0, 0.1) is 0 Å². The van der Waals surface area contributed by atoms with E-state index < -0.39 is 5.97 Å². The number of esters is 1. The molecular weight excluding hydrogens is 380 g/mol. The zero-order valence-electron chi connectivity index (χ0n) is 15.9. The van der Waals surface area contributed by atoms with Gasteiger partial charge in [0.15, 0.2) is 11.0 Å². The highest BCUT2D eigenvalue weighted by Crippen LogP contribution is 2.39. The van der Waals surface area contributed by atoms with E-state index in [0.29, 0.717) is 28.4 Å². The maximum Gasteiger partial charge on any atom is 0.356 e. The SMILES string of the molecule is COC(=O)c1cnc(S[C@H](c2ccccc2)c2nc(OC)cc(OC)n2)n1C. The lowest BCUT2D eigenvalue weighted by atomic mass is 10.1. The van der Waals surface area contributed by atoms with E-state index in [1.54, 1.807) is 17.7 Å². The Bertz CT molecular complexity index is 940. The van der Waals surface area contributed by atoms with E-state index in [1.807, 2.05) is 30.3 Å². The summed E-state index contributed by atoms with van der Waals surface area (Å²) in [7, 11) is 6.18. The molecule has 3 rings (SSSR count). The molecule has 0 spiro atoms. The van der Waals surface area contributed by atoms with Gasteiger partial charge in [-0.25, -0.2) is 9.78 Å². The van der Waals surface area contributed by atoms with Gasteiger partial charge in [0.05, 0.1) is 38.8 Å². The van der Waals surface area contributed by atoms with Gasteiger partial charge in [-0.05, 0) is 5.56 Å². The van der Waals surface area contributed by atoms with Crippen molar-refractivity contribution in [2.24, 2.45) is 7.05 Å². The number of rotatable bonds is 7. The van der Waals surface area contributed by atoms with E-state index in [2.05, 4.69) is 15.0 Å². The molecule has 0 fully saturated rings. The minimum atomic E-state index is -0.447. The molecule has 0 bridgehead atoms. The minimum absolute atomic E-state index is 0.295. The van der Waals surface area contributed by atoms with Gasteiger partial charge in [0.25, 0.3) is 0 Å². The Kier molecular flexibility index (Phi) is 6.15. The fraction of sp³-hybridized carbons (Fsp3) is 0.263. The molecule has 146 valence electrons.